The first-order chi connectivity index (χ1) is 14.2. The molecule has 5 heteroatoms. The average molecular weight is 382 g/mol. The van der Waals surface area contributed by atoms with Gasteiger partial charge in [0.15, 0.2) is 0 Å². The van der Waals surface area contributed by atoms with Crippen molar-refractivity contribution in [3.63, 3.8) is 0 Å². The Morgan fingerprint density at radius 3 is 2.41 bits per heavy atom. The van der Waals surface area contributed by atoms with Crippen LogP contribution in [0.4, 0.5) is 0 Å². The van der Waals surface area contributed by atoms with Crippen molar-refractivity contribution >= 4 is 5.91 Å². The van der Waals surface area contributed by atoms with Crippen LogP contribution >= 0.6 is 0 Å². The highest BCUT2D eigenvalue weighted by Gasteiger charge is 2.19. The molecule has 0 saturated carbocycles. The molecular formula is C24H22N4O. The molecule has 0 bridgehead atoms. The summed E-state index contributed by atoms with van der Waals surface area (Å²) in [5, 5.41) is 7.73. The Morgan fingerprint density at radius 1 is 1.00 bits per heavy atom. The van der Waals surface area contributed by atoms with Gasteiger partial charge < -0.3 is 5.32 Å². The van der Waals surface area contributed by atoms with E-state index >= 15 is 0 Å². The van der Waals surface area contributed by atoms with Gasteiger partial charge in [-0.2, -0.15) is 5.10 Å². The lowest BCUT2D eigenvalue weighted by Gasteiger charge is -2.13. The minimum Gasteiger partial charge on any atom is -0.351 e. The topological polar surface area (TPSA) is 59.8 Å². The Balaban J connectivity index is 1.61. The number of carbonyl (C=O) groups is 1. The number of rotatable bonds is 6. The maximum absolute atomic E-state index is 13.0. The number of aromatic nitrogens is 3. The van der Waals surface area contributed by atoms with Crippen molar-refractivity contribution in [2.24, 2.45) is 0 Å². The van der Waals surface area contributed by atoms with Gasteiger partial charge >= 0.3 is 0 Å². The third kappa shape index (κ3) is 4.24. The van der Waals surface area contributed by atoms with Crippen LogP contribution < -0.4 is 5.32 Å². The van der Waals surface area contributed by atoms with Crippen molar-refractivity contribution < 1.29 is 4.79 Å². The third-order valence-electron chi connectivity index (χ3n) is 4.85. The molecule has 1 atom stereocenters. The van der Waals surface area contributed by atoms with E-state index in [1.54, 1.807) is 23.3 Å². The summed E-state index contributed by atoms with van der Waals surface area (Å²) < 4.78 is 1.73. The summed E-state index contributed by atoms with van der Waals surface area (Å²) in [6.07, 6.45) is 5.21. The van der Waals surface area contributed by atoms with E-state index < -0.39 is 0 Å². The minimum atomic E-state index is -0.145. The van der Waals surface area contributed by atoms with E-state index in [4.69, 9.17) is 0 Å². The van der Waals surface area contributed by atoms with Crippen LogP contribution in [-0.4, -0.2) is 27.2 Å². The van der Waals surface area contributed by atoms with Crippen molar-refractivity contribution in [3.05, 3.63) is 103 Å². The van der Waals surface area contributed by atoms with Crippen molar-refractivity contribution in [1.82, 2.24) is 20.1 Å². The van der Waals surface area contributed by atoms with Crippen molar-refractivity contribution in [3.8, 4) is 16.9 Å². The van der Waals surface area contributed by atoms with Gasteiger partial charge in [-0.1, -0.05) is 55.5 Å². The molecule has 0 aliphatic carbocycles. The molecule has 0 saturated heterocycles. The molecule has 2 aromatic heterocycles. The summed E-state index contributed by atoms with van der Waals surface area (Å²) in [6.45, 7) is 2.65. The molecule has 144 valence electrons. The number of pyridine rings is 1. The van der Waals surface area contributed by atoms with Crippen LogP contribution in [0.25, 0.3) is 16.9 Å². The Kier molecular flexibility index (Phi) is 5.47. The monoisotopic (exact) mass is 382 g/mol. The molecule has 0 spiro atoms. The van der Waals surface area contributed by atoms with Gasteiger partial charge in [0.05, 0.1) is 11.3 Å². The fourth-order valence-corrected chi connectivity index (χ4v) is 3.21. The zero-order valence-electron chi connectivity index (χ0n) is 16.2. The van der Waals surface area contributed by atoms with Crippen LogP contribution in [0.3, 0.4) is 0 Å². The van der Waals surface area contributed by atoms with Gasteiger partial charge in [0, 0.05) is 30.7 Å². The lowest BCUT2D eigenvalue weighted by atomic mass is 10.0. The number of hydrogen-bond donors (Lipinski definition) is 1. The molecule has 4 rings (SSSR count). The Labute approximate surface area is 170 Å². The van der Waals surface area contributed by atoms with E-state index in [9.17, 15) is 4.79 Å². The van der Waals surface area contributed by atoms with Gasteiger partial charge in [-0.05, 0) is 35.7 Å². The third-order valence-corrected chi connectivity index (χ3v) is 4.85. The summed E-state index contributed by atoms with van der Waals surface area (Å²) in [5.74, 6) is 0.0694. The molecule has 0 aliphatic rings. The molecule has 0 radical (unpaired) electrons. The van der Waals surface area contributed by atoms with Crippen molar-refractivity contribution in [2.75, 3.05) is 6.54 Å². The fraction of sp³-hybridized carbons (Fsp3) is 0.125. The second kappa shape index (κ2) is 8.52. The Hall–Kier alpha value is -3.73. The maximum atomic E-state index is 13.0. The number of carbonyl (C=O) groups excluding carboxylic acids is 1. The van der Waals surface area contributed by atoms with E-state index in [-0.39, 0.29) is 11.8 Å². The highest BCUT2D eigenvalue weighted by Crippen LogP contribution is 2.23. The largest absolute Gasteiger partial charge is 0.351 e. The van der Waals surface area contributed by atoms with Crippen molar-refractivity contribution in [1.29, 1.82) is 0 Å². The molecule has 4 aromatic rings. The maximum Gasteiger partial charge on any atom is 0.255 e. The number of hydrogen-bond acceptors (Lipinski definition) is 3. The number of benzene rings is 2. The molecule has 1 amide bonds. The zero-order chi connectivity index (χ0) is 20.1. The predicted octanol–water partition coefficient (Wildman–Crippen LogP) is 4.47. The lowest BCUT2D eigenvalue weighted by Crippen LogP contribution is -2.27. The van der Waals surface area contributed by atoms with Crippen molar-refractivity contribution in [2.45, 2.75) is 12.8 Å². The first-order valence-corrected chi connectivity index (χ1v) is 9.61. The molecule has 5 nitrogen and oxygen atoms in total. The van der Waals surface area contributed by atoms with Crippen LogP contribution in [0.2, 0.25) is 0 Å². The molecule has 1 unspecified atom stereocenters. The molecular weight excluding hydrogens is 360 g/mol. The highest BCUT2D eigenvalue weighted by molar-refractivity contribution is 5.99. The van der Waals surface area contributed by atoms with Gasteiger partial charge in [0.2, 0.25) is 0 Å². The molecule has 2 aromatic carbocycles. The van der Waals surface area contributed by atoms with E-state index in [1.165, 1.54) is 5.56 Å². The molecule has 2 heterocycles. The minimum absolute atomic E-state index is 0.145. The number of nitrogens with one attached hydrogen (secondary N) is 1. The van der Waals surface area contributed by atoms with E-state index in [0.29, 0.717) is 17.8 Å². The average Bonchev–Trinajstić information content (AvgIpc) is 3.25. The molecule has 29 heavy (non-hydrogen) atoms. The number of para-hydroxylation sites is 1. The summed E-state index contributed by atoms with van der Waals surface area (Å²) in [5.41, 5.74) is 4.05. The first-order valence-electron chi connectivity index (χ1n) is 9.61. The van der Waals surface area contributed by atoms with Gasteiger partial charge in [-0.3, -0.25) is 9.78 Å². The second-order valence-electron chi connectivity index (χ2n) is 6.93. The SMILES string of the molecule is CC(CNC(=O)c1cn(-c2ccccc2)nc1-c1cccnc1)c1ccccc1. The normalized spacial score (nSPS) is 11.8. The summed E-state index contributed by atoms with van der Waals surface area (Å²) in [6, 6.07) is 23.7. The summed E-state index contributed by atoms with van der Waals surface area (Å²) >= 11 is 0. The molecule has 1 N–H and O–H groups in total. The van der Waals surface area contributed by atoms with Gasteiger partial charge in [0.25, 0.3) is 5.91 Å². The first kappa shape index (κ1) is 18.6. The quantitative estimate of drug-likeness (QED) is 0.535. The zero-order valence-corrected chi connectivity index (χ0v) is 16.2. The summed E-state index contributed by atoms with van der Waals surface area (Å²) in [7, 11) is 0. The fourth-order valence-electron chi connectivity index (χ4n) is 3.21. The van der Waals surface area contributed by atoms with Crippen LogP contribution in [0.15, 0.2) is 91.4 Å². The highest BCUT2D eigenvalue weighted by atomic mass is 16.1. The summed E-state index contributed by atoms with van der Waals surface area (Å²) in [4.78, 5) is 17.2. The molecule has 0 aliphatic heterocycles. The van der Waals surface area contributed by atoms with E-state index in [2.05, 4.69) is 34.5 Å². The lowest BCUT2D eigenvalue weighted by molar-refractivity contribution is 0.0952. The van der Waals surface area contributed by atoms with Crippen LogP contribution in [0.1, 0.15) is 28.8 Å². The van der Waals surface area contributed by atoms with Gasteiger partial charge in [0.1, 0.15) is 5.69 Å². The predicted molar refractivity (Wildman–Crippen MR) is 114 cm³/mol. The smallest absolute Gasteiger partial charge is 0.255 e. The van der Waals surface area contributed by atoms with Crippen LogP contribution in [0, 0.1) is 0 Å². The number of amides is 1. The van der Waals surface area contributed by atoms with Gasteiger partial charge in [-0.15, -0.1) is 0 Å². The second-order valence-corrected chi connectivity index (χ2v) is 6.93. The molecule has 0 fully saturated rings. The Morgan fingerprint density at radius 2 is 1.72 bits per heavy atom. The number of nitrogens with zero attached hydrogens (tertiary/aromatic N) is 3. The van der Waals surface area contributed by atoms with Gasteiger partial charge in [-0.25, -0.2) is 4.68 Å². The Bertz CT molecular complexity index is 1080. The van der Waals surface area contributed by atoms with E-state index in [1.807, 2.05) is 60.7 Å². The van der Waals surface area contributed by atoms with Crippen LogP contribution in [-0.2, 0) is 0 Å². The standard InChI is InChI=1S/C24H22N4O/c1-18(19-9-4-2-5-10-19)15-26-24(29)22-17-28(21-12-6-3-7-13-21)27-23(22)20-11-8-14-25-16-20/h2-14,16-18H,15H2,1H3,(H,26,29). The van der Waals surface area contributed by atoms with Crippen LogP contribution in [0.5, 0.6) is 0 Å². The van der Waals surface area contributed by atoms with E-state index in [0.717, 1.165) is 11.3 Å².